The summed E-state index contributed by atoms with van der Waals surface area (Å²) in [7, 11) is 0. The van der Waals surface area contributed by atoms with Gasteiger partial charge in [-0.25, -0.2) is 4.79 Å². The van der Waals surface area contributed by atoms with Gasteiger partial charge in [-0.2, -0.15) is 0 Å². The van der Waals surface area contributed by atoms with Crippen LogP contribution in [0.4, 0.5) is 0 Å². The van der Waals surface area contributed by atoms with Crippen molar-refractivity contribution in [2.24, 2.45) is 11.3 Å². The Morgan fingerprint density at radius 3 is 2.35 bits per heavy atom. The van der Waals surface area contributed by atoms with E-state index in [0.29, 0.717) is 11.3 Å². The molecular weight excluding hydrogens is 252 g/mol. The Labute approximate surface area is 124 Å². The van der Waals surface area contributed by atoms with Crippen molar-refractivity contribution in [1.29, 1.82) is 0 Å². The van der Waals surface area contributed by atoms with Crippen molar-refractivity contribution in [2.45, 2.75) is 92.0 Å². The molecule has 3 heteroatoms. The minimum absolute atomic E-state index is 0.0873. The van der Waals surface area contributed by atoms with Gasteiger partial charge in [0.25, 0.3) is 0 Å². The number of carbonyl (C=O) groups is 1. The summed E-state index contributed by atoms with van der Waals surface area (Å²) in [4.78, 5) is 12.1. The molecule has 2 unspecified atom stereocenters. The van der Waals surface area contributed by atoms with E-state index in [9.17, 15) is 4.79 Å². The fraction of sp³-hybridized carbons (Fsp3) is 0.941. The van der Waals surface area contributed by atoms with Gasteiger partial charge in [0.2, 0.25) is 0 Å². The number of esters is 1. The van der Waals surface area contributed by atoms with Crippen molar-refractivity contribution in [2.75, 3.05) is 0 Å². The minimum atomic E-state index is -0.870. The van der Waals surface area contributed by atoms with Crippen LogP contribution in [-0.4, -0.2) is 23.8 Å². The average molecular weight is 284 g/mol. The molecule has 1 aliphatic carbocycles. The highest BCUT2D eigenvalue weighted by Gasteiger charge is 2.37. The smallest absolute Gasteiger partial charge is 0.338 e. The van der Waals surface area contributed by atoms with E-state index in [-0.39, 0.29) is 18.2 Å². The number of hydrogen-bond acceptors (Lipinski definition) is 3. The number of ether oxygens (including phenoxy) is 2. The molecule has 1 saturated carbocycles. The molecule has 0 aromatic carbocycles. The third-order valence-electron chi connectivity index (χ3n) is 4.22. The molecule has 0 saturated heterocycles. The van der Waals surface area contributed by atoms with Crippen LogP contribution in [0.25, 0.3) is 0 Å². The zero-order valence-corrected chi connectivity index (χ0v) is 14.3. The maximum Gasteiger partial charge on any atom is 0.338 e. The lowest BCUT2D eigenvalue weighted by Crippen LogP contribution is -2.43. The molecule has 0 amide bonds. The molecule has 0 spiro atoms. The second-order valence-corrected chi connectivity index (χ2v) is 7.81. The van der Waals surface area contributed by atoms with Gasteiger partial charge in [-0.15, -0.1) is 0 Å². The average Bonchev–Trinajstić information content (AvgIpc) is 2.25. The maximum atomic E-state index is 12.1. The van der Waals surface area contributed by atoms with Gasteiger partial charge in [0, 0.05) is 0 Å². The lowest BCUT2D eigenvalue weighted by molar-refractivity contribution is -0.182. The van der Waals surface area contributed by atoms with Crippen LogP contribution in [0.5, 0.6) is 0 Å². The minimum Gasteiger partial charge on any atom is -0.461 e. The molecule has 1 rings (SSSR count). The van der Waals surface area contributed by atoms with E-state index in [1.807, 2.05) is 27.7 Å². The summed E-state index contributed by atoms with van der Waals surface area (Å²) in [5, 5.41) is 0. The molecule has 20 heavy (non-hydrogen) atoms. The summed E-state index contributed by atoms with van der Waals surface area (Å²) in [5.74, 6) is 0.263. The molecule has 0 bridgehead atoms. The summed E-state index contributed by atoms with van der Waals surface area (Å²) in [6.45, 7) is 14.1. The molecule has 0 aromatic heterocycles. The maximum absolute atomic E-state index is 12.1. The molecule has 0 N–H and O–H groups in total. The molecule has 2 atom stereocenters. The fourth-order valence-electron chi connectivity index (χ4n) is 3.12. The summed E-state index contributed by atoms with van der Waals surface area (Å²) in [5.41, 5.74) is -0.478. The largest absolute Gasteiger partial charge is 0.461 e. The molecule has 118 valence electrons. The van der Waals surface area contributed by atoms with E-state index >= 15 is 0 Å². The predicted octanol–water partition coefficient (Wildman–Crippen LogP) is 4.34. The Kier molecular flexibility index (Phi) is 5.65. The number of hydrogen-bond donors (Lipinski definition) is 0. The van der Waals surface area contributed by atoms with Gasteiger partial charge in [0.05, 0.1) is 12.2 Å². The van der Waals surface area contributed by atoms with Crippen molar-refractivity contribution in [3.05, 3.63) is 0 Å². The van der Waals surface area contributed by atoms with Crippen molar-refractivity contribution >= 4 is 5.97 Å². The zero-order valence-electron chi connectivity index (χ0n) is 14.3. The Hall–Kier alpha value is -0.570. The van der Waals surface area contributed by atoms with Gasteiger partial charge in [-0.05, 0) is 65.2 Å². The van der Waals surface area contributed by atoms with Crippen molar-refractivity contribution in [1.82, 2.24) is 0 Å². The van der Waals surface area contributed by atoms with Crippen molar-refractivity contribution in [3.8, 4) is 0 Å². The quantitative estimate of drug-likeness (QED) is 0.705. The number of carbonyl (C=O) groups excluding carboxylic acids is 1. The third-order valence-corrected chi connectivity index (χ3v) is 4.22. The van der Waals surface area contributed by atoms with E-state index in [2.05, 4.69) is 20.8 Å². The Morgan fingerprint density at radius 1 is 1.25 bits per heavy atom. The van der Waals surface area contributed by atoms with E-state index in [1.165, 1.54) is 25.7 Å². The zero-order chi connectivity index (χ0) is 15.6. The molecular formula is C17H32O3. The van der Waals surface area contributed by atoms with Gasteiger partial charge in [-0.1, -0.05) is 20.3 Å². The van der Waals surface area contributed by atoms with Crippen LogP contribution in [0.2, 0.25) is 0 Å². The topological polar surface area (TPSA) is 35.5 Å². The summed E-state index contributed by atoms with van der Waals surface area (Å²) in [6.07, 6.45) is 4.89. The summed E-state index contributed by atoms with van der Waals surface area (Å²) in [6, 6.07) is 0. The van der Waals surface area contributed by atoms with Crippen LogP contribution in [0.15, 0.2) is 0 Å². The van der Waals surface area contributed by atoms with E-state index in [1.54, 1.807) is 0 Å². The van der Waals surface area contributed by atoms with Crippen LogP contribution in [0, 0.1) is 11.3 Å². The van der Waals surface area contributed by atoms with E-state index in [4.69, 9.17) is 9.47 Å². The van der Waals surface area contributed by atoms with Crippen LogP contribution in [0.3, 0.4) is 0 Å². The lowest BCUT2D eigenvalue weighted by Gasteiger charge is -2.40. The second kappa shape index (κ2) is 6.46. The highest BCUT2D eigenvalue weighted by atomic mass is 16.6. The van der Waals surface area contributed by atoms with Crippen LogP contribution in [-0.2, 0) is 14.3 Å². The Balaban J connectivity index is 2.60. The molecule has 0 aromatic rings. The first-order valence-electron chi connectivity index (χ1n) is 7.92. The summed E-state index contributed by atoms with van der Waals surface area (Å²) >= 11 is 0. The first-order chi connectivity index (χ1) is 9.03. The monoisotopic (exact) mass is 284 g/mol. The van der Waals surface area contributed by atoms with Crippen molar-refractivity contribution in [3.63, 3.8) is 0 Å². The molecule has 0 heterocycles. The molecule has 3 nitrogen and oxygen atoms in total. The fourth-order valence-corrected chi connectivity index (χ4v) is 3.12. The summed E-state index contributed by atoms with van der Waals surface area (Å²) < 4.78 is 11.3. The first-order valence-corrected chi connectivity index (χ1v) is 7.92. The highest BCUT2D eigenvalue weighted by Crippen LogP contribution is 2.41. The highest BCUT2D eigenvalue weighted by molar-refractivity contribution is 5.78. The van der Waals surface area contributed by atoms with Gasteiger partial charge >= 0.3 is 5.97 Å². The Bertz CT molecular complexity index is 331. The Morgan fingerprint density at radius 2 is 1.85 bits per heavy atom. The number of rotatable bonds is 5. The second-order valence-electron chi connectivity index (χ2n) is 7.81. The van der Waals surface area contributed by atoms with Gasteiger partial charge in [-0.3, -0.25) is 0 Å². The van der Waals surface area contributed by atoms with Crippen LogP contribution >= 0.6 is 0 Å². The van der Waals surface area contributed by atoms with Gasteiger partial charge < -0.3 is 9.47 Å². The normalized spacial score (nSPS) is 24.5. The molecule has 0 aliphatic heterocycles. The SMILES string of the molecule is CC(C)OC(=O)C(C)(C)OC(C)C1CCCC(C)(C)C1. The van der Waals surface area contributed by atoms with E-state index in [0.717, 1.165) is 0 Å². The molecule has 0 radical (unpaired) electrons. The lowest BCUT2D eigenvalue weighted by atomic mass is 9.70. The molecule has 1 fully saturated rings. The predicted molar refractivity (Wildman–Crippen MR) is 81.6 cm³/mol. The van der Waals surface area contributed by atoms with Crippen molar-refractivity contribution < 1.29 is 14.3 Å². The van der Waals surface area contributed by atoms with Gasteiger partial charge in [0.1, 0.15) is 0 Å². The van der Waals surface area contributed by atoms with Crippen LogP contribution < -0.4 is 0 Å². The van der Waals surface area contributed by atoms with Gasteiger partial charge in [0.15, 0.2) is 5.60 Å². The first kappa shape index (κ1) is 17.5. The third kappa shape index (κ3) is 5.08. The molecule has 1 aliphatic rings. The standard InChI is InChI=1S/C17H32O3/c1-12(2)19-15(18)17(6,7)20-13(3)14-9-8-10-16(4,5)11-14/h12-14H,8-11H2,1-7H3. The van der Waals surface area contributed by atoms with E-state index < -0.39 is 5.60 Å². The van der Waals surface area contributed by atoms with Crippen LogP contribution in [0.1, 0.15) is 74.1 Å².